The molecule has 2 aliphatic heterocycles. The minimum absolute atomic E-state index is 0.167. The minimum atomic E-state index is -0.461. The number of nitrogens with zero attached hydrogens (tertiary/aromatic N) is 1. The van der Waals surface area contributed by atoms with E-state index in [0.29, 0.717) is 24.7 Å². The summed E-state index contributed by atoms with van der Waals surface area (Å²) in [5, 5.41) is 3.25. The topological polar surface area (TPSA) is 58.6 Å². The van der Waals surface area contributed by atoms with Gasteiger partial charge in [0.05, 0.1) is 5.41 Å². The molecule has 0 saturated carbocycles. The van der Waals surface area contributed by atoms with Crippen molar-refractivity contribution >= 4 is 11.8 Å². The van der Waals surface area contributed by atoms with Crippen molar-refractivity contribution in [1.29, 1.82) is 0 Å². The van der Waals surface area contributed by atoms with Crippen LogP contribution in [-0.4, -0.2) is 48.6 Å². The van der Waals surface area contributed by atoms with E-state index in [2.05, 4.69) is 10.2 Å². The molecule has 2 fully saturated rings. The molecule has 5 heteroatoms. The average Bonchev–Trinajstić information content (AvgIpc) is 2.77. The number of hydrogen-bond donors (Lipinski definition) is 1. The Morgan fingerprint density at radius 3 is 2.53 bits per heavy atom. The number of rotatable bonds is 2. The van der Waals surface area contributed by atoms with Crippen LogP contribution in [0.2, 0.25) is 0 Å². The summed E-state index contributed by atoms with van der Waals surface area (Å²) in [5.74, 6) is 0.192. The van der Waals surface area contributed by atoms with Crippen LogP contribution in [0.1, 0.15) is 40.0 Å². The number of ketones is 1. The zero-order valence-electron chi connectivity index (χ0n) is 12.1. The van der Waals surface area contributed by atoms with E-state index in [-0.39, 0.29) is 12.2 Å². The highest BCUT2D eigenvalue weighted by Crippen LogP contribution is 2.22. The fourth-order valence-electron chi connectivity index (χ4n) is 2.49. The third kappa shape index (κ3) is 3.76. The van der Waals surface area contributed by atoms with Crippen LogP contribution in [0, 0.1) is 5.41 Å². The maximum absolute atomic E-state index is 11.8. The molecule has 0 amide bonds. The number of nitrogens with one attached hydrogen (secondary N) is 1. The Labute approximate surface area is 114 Å². The molecule has 108 valence electrons. The van der Waals surface area contributed by atoms with Crippen molar-refractivity contribution in [2.45, 2.75) is 52.3 Å². The number of carbonyl (C=O) groups is 2. The molecule has 0 spiro atoms. The highest BCUT2D eigenvalue weighted by molar-refractivity contribution is 5.79. The monoisotopic (exact) mass is 268 g/mol. The second kappa shape index (κ2) is 5.59. The predicted octanol–water partition coefficient (Wildman–Crippen LogP) is 0.929. The van der Waals surface area contributed by atoms with Gasteiger partial charge in [-0.2, -0.15) is 0 Å². The van der Waals surface area contributed by atoms with Crippen molar-refractivity contribution in [2.75, 3.05) is 19.6 Å². The number of ether oxygens (including phenoxy) is 1. The standard InChI is InChI=1S/C14H24N2O3/c1-14(2,3)13(18)19-12-8-10(9-15-12)16-6-4-11(17)5-7-16/h10,12,15H,4-9H2,1-3H3/t10-,12?/m0/s1. The summed E-state index contributed by atoms with van der Waals surface area (Å²) in [7, 11) is 0. The Morgan fingerprint density at radius 2 is 1.95 bits per heavy atom. The molecule has 2 saturated heterocycles. The molecule has 1 unspecified atom stereocenters. The second-order valence-electron chi connectivity index (χ2n) is 6.52. The molecule has 0 aromatic rings. The van der Waals surface area contributed by atoms with E-state index < -0.39 is 5.41 Å². The maximum Gasteiger partial charge on any atom is 0.312 e. The third-order valence-corrected chi connectivity index (χ3v) is 3.80. The zero-order chi connectivity index (χ0) is 14.0. The first-order valence-electron chi connectivity index (χ1n) is 7.06. The van der Waals surface area contributed by atoms with Gasteiger partial charge in [-0.3, -0.25) is 19.8 Å². The molecule has 0 aromatic heterocycles. The number of Topliss-reactive ketones (excluding diaryl/α,β-unsaturated/α-hetero) is 1. The summed E-state index contributed by atoms with van der Waals surface area (Å²) in [6, 6.07) is 0.380. The van der Waals surface area contributed by atoms with Crippen LogP contribution in [0.3, 0.4) is 0 Å². The van der Waals surface area contributed by atoms with Gasteiger partial charge in [-0.1, -0.05) is 0 Å². The Bertz CT molecular complexity index is 352. The van der Waals surface area contributed by atoms with Gasteiger partial charge in [0.25, 0.3) is 0 Å². The zero-order valence-corrected chi connectivity index (χ0v) is 12.1. The van der Waals surface area contributed by atoms with Gasteiger partial charge in [0.15, 0.2) is 6.23 Å². The third-order valence-electron chi connectivity index (χ3n) is 3.80. The summed E-state index contributed by atoms with van der Waals surface area (Å²) in [4.78, 5) is 25.4. The lowest BCUT2D eigenvalue weighted by Crippen LogP contribution is -2.42. The van der Waals surface area contributed by atoms with Gasteiger partial charge in [-0.25, -0.2) is 0 Å². The fourth-order valence-corrected chi connectivity index (χ4v) is 2.49. The van der Waals surface area contributed by atoms with E-state index in [1.807, 2.05) is 20.8 Å². The van der Waals surface area contributed by atoms with Crippen molar-refractivity contribution in [3.63, 3.8) is 0 Å². The van der Waals surface area contributed by atoms with Crippen LogP contribution in [0.15, 0.2) is 0 Å². The van der Waals surface area contributed by atoms with Crippen LogP contribution < -0.4 is 5.32 Å². The second-order valence-corrected chi connectivity index (χ2v) is 6.52. The molecule has 2 atom stereocenters. The normalized spacial score (nSPS) is 29.5. The summed E-state index contributed by atoms with van der Waals surface area (Å²) < 4.78 is 5.47. The van der Waals surface area contributed by atoms with E-state index in [1.54, 1.807) is 0 Å². The largest absolute Gasteiger partial charge is 0.446 e. The summed E-state index contributed by atoms with van der Waals surface area (Å²) >= 11 is 0. The van der Waals surface area contributed by atoms with Crippen molar-refractivity contribution in [3.8, 4) is 0 Å². The molecular weight excluding hydrogens is 244 g/mol. The lowest BCUT2D eigenvalue weighted by atomic mass is 9.97. The predicted molar refractivity (Wildman–Crippen MR) is 71.6 cm³/mol. The van der Waals surface area contributed by atoms with Crippen LogP contribution in [0.25, 0.3) is 0 Å². The van der Waals surface area contributed by atoms with Gasteiger partial charge < -0.3 is 4.74 Å². The van der Waals surface area contributed by atoms with E-state index in [0.717, 1.165) is 26.1 Å². The number of likely N-dealkylation sites (tertiary alicyclic amines) is 1. The van der Waals surface area contributed by atoms with Crippen LogP contribution in [0.5, 0.6) is 0 Å². The first-order valence-corrected chi connectivity index (χ1v) is 7.06. The van der Waals surface area contributed by atoms with E-state index in [4.69, 9.17) is 4.74 Å². The highest BCUT2D eigenvalue weighted by atomic mass is 16.6. The van der Waals surface area contributed by atoms with Crippen LogP contribution >= 0.6 is 0 Å². The van der Waals surface area contributed by atoms with Gasteiger partial charge in [0, 0.05) is 44.9 Å². The van der Waals surface area contributed by atoms with E-state index in [1.165, 1.54) is 0 Å². The Hall–Kier alpha value is -0.940. The molecule has 2 heterocycles. The van der Waals surface area contributed by atoms with E-state index >= 15 is 0 Å². The van der Waals surface area contributed by atoms with Crippen molar-refractivity contribution in [1.82, 2.24) is 10.2 Å². The summed E-state index contributed by atoms with van der Waals surface area (Å²) in [6.45, 7) is 8.08. The highest BCUT2D eigenvalue weighted by Gasteiger charge is 2.34. The van der Waals surface area contributed by atoms with Gasteiger partial charge in [0.2, 0.25) is 0 Å². The number of esters is 1. The Balaban J connectivity index is 1.80. The molecular formula is C14H24N2O3. The SMILES string of the molecule is CC(C)(C)C(=O)OC1C[C@H](N2CCC(=O)CC2)CN1. The number of piperidine rings is 1. The van der Waals surface area contributed by atoms with Gasteiger partial charge in [0.1, 0.15) is 5.78 Å². The smallest absolute Gasteiger partial charge is 0.312 e. The number of carbonyl (C=O) groups excluding carboxylic acids is 2. The van der Waals surface area contributed by atoms with Crippen molar-refractivity contribution in [3.05, 3.63) is 0 Å². The first-order chi connectivity index (χ1) is 8.86. The molecule has 1 N–H and O–H groups in total. The average molecular weight is 268 g/mol. The quantitative estimate of drug-likeness (QED) is 0.755. The maximum atomic E-state index is 11.8. The fraction of sp³-hybridized carbons (Fsp3) is 0.857. The molecule has 5 nitrogen and oxygen atoms in total. The molecule has 19 heavy (non-hydrogen) atoms. The molecule has 2 rings (SSSR count). The molecule has 2 aliphatic rings. The minimum Gasteiger partial charge on any atom is -0.446 e. The molecule has 0 aliphatic carbocycles. The van der Waals surface area contributed by atoms with Gasteiger partial charge in [-0.15, -0.1) is 0 Å². The first kappa shape index (κ1) is 14.5. The van der Waals surface area contributed by atoms with Crippen LogP contribution in [0.4, 0.5) is 0 Å². The Kier molecular flexibility index (Phi) is 4.26. The van der Waals surface area contributed by atoms with Gasteiger partial charge >= 0.3 is 5.97 Å². The lowest BCUT2D eigenvalue weighted by molar-refractivity contribution is -0.159. The summed E-state index contributed by atoms with van der Waals surface area (Å²) in [5.41, 5.74) is -0.461. The summed E-state index contributed by atoms with van der Waals surface area (Å²) in [6.07, 6.45) is 1.94. The van der Waals surface area contributed by atoms with Gasteiger partial charge in [-0.05, 0) is 20.8 Å². The van der Waals surface area contributed by atoms with Crippen molar-refractivity contribution < 1.29 is 14.3 Å². The Morgan fingerprint density at radius 1 is 1.32 bits per heavy atom. The van der Waals surface area contributed by atoms with Crippen LogP contribution in [-0.2, 0) is 14.3 Å². The molecule has 0 aromatic carbocycles. The van der Waals surface area contributed by atoms with Crippen molar-refractivity contribution in [2.24, 2.45) is 5.41 Å². The molecule has 0 bridgehead atoms. The molecule has 0 radical (unpaired) electrons. The number of hydrogen-bond acceptors (Lipinski definition) is 5. The lowest BCUT2D eigenvalue weighted by Gasteiger charge is -2.31. The van der Waals surface area contributed by atoms with E-state index in [9.17, 15) is 9.59 Å².